The Balaban J connectivity index is 4.07. The number of hydrogen-bond donors (Lipinski definition) is 2. The number of phosphoric acid groups is 1. The van der Waals surface area contributed by atoms with E-state index in [1.54, 1.807) is 0 Å². The molecule has 1 unspecified atom stereocenters. The van der Waals surface area contributed by atoms with Gasteiger partial charge in [0.05, 0.1) is 6.61 Å². The van der Waals surface area contributed by atoms with E-state index in [9.17, 15) is 14.2 Å². The van der Waals surface area contributed by atoms with Gasteiger partial charge in [-0.25, -0.2) is 4.57 Å². The van der Waals surface area contributed by atoms with E-state index in [1.807, 2.05) is 6.92 Å². The smallest absolute Gasteiger partial charge is 0.462 e. The molecule has 0 bridgehead atoms. The first kappa shape index (κ1) is 27.8. The highest BCUT2D eigenvalue weighted by Gasteiger charge is 2.22. The monoisotopic (exact) mass is 436 g/mol. The van der Waals surface area contributed by atoms with E-state index in [2.05, 4.69) is 23.6 Å². The molecular formula is C20H37O8P. The Morgan fingerprint density at radius 1 is 0.862 bits per heavy atom. The topological polar surface area (TPSA) is 119 Å². The summed E-state index contributed by atoms with van der Waals surface area (Å²) in [6.07, 6.45) is 12.6. The van der Waals surface area contributed by atoms with E-state index in [-0.39, 0.29) is 19.4 Å². The number of esters is 2. The Morgan fingerprint density at radius 3 is 2.17 bits per heavy atom. The number of allylic oxidation sites excluding steroid dienone is 2. The van der Waals surface area contributed by atoms with Crippen molar-refractivity contribution in [1.82, 2.24) is 0 Å². The van der Waals surface area contributed by atoms with Gasteiger partial charge in [-0.15, -0.1) is 0 Å². The lowest BCUT2D eigenvalue weighted by Gasteiger charge is -2.18. The molecule has 0 aliphatic carbocycles. The Bertz CT molecular complexity index is 515. The van der Waals surface area contributed by atoms with E-state index in [0.29, 0.717) is 12.8 Å². The Kier molecular flexibility index (Phi) is 16.9. The predicted octanol–water partition coefficient (Wildman–Crippen LogP) is 4.44. The fraction of sp³-hybridized carbons (Fsp3) is 0.800. The molecule has 0 aromatic carbocycles. The van der Waals surface area contributed by atoms with Crippen molar-refractivity contribution < 1.29 is 37.9 Å². The van der Waals surface area contributed by atoms with Gasteiger partial charge >= 0.3 is 19.8 Å². The molecule has 8 nitrogen and oxygen atoms in total. The minimum atomic E-state index is -4.71. The molecule has 0 fully saturated rings. The fourth-order valence-corrected chi connectivity index (χ4v) is 2.83. The summed E-state index contributed by atoms with van der Waals surface area (Å²) in [5, 5.41) is 0. The van der Waals surface area contributed by atoms with E-state index >= 15 is 0 Å². The van der Waals surface area contributed by atoms with Crippen LogP contribution in [0, 0.1) is 0 Å². The summed E-state index contributed by atoms with van der Waals surface area (Å²) < 4.78 is 25.4. The Morgan fingerprint density at radius 2 is 1.52 bits per heavy atom. The summed E-state index contributed by atoms with van der Waals surface area (Å²) in [6, 6.07) is 0. The molecule has 0 saturated heterocycles. The maximum absolute atomic E-state index is 12.0. The molecule has 0 heterocycles. The molecule has 170 valence electrons. The largest absolute Gasteiger partial charge is 0.469 e. The third-order valence-corrected chi connectivity index (χ3v) is 4.47. The number of carbonyl (C=O) groups is 2. The molecule has 0 radical (unpaired) electrons. The number of unbranched alkanes of at least 4 members (excludes halogenated alkanes) is 6. The zero-order valence-corrected chi connectivity index (χ0v) is 18.6. The van der Waals surface area contributed by atoms with Gasteiger partial charge < -0.3 is 19.3 Å². The lowest BCUT2D eigenvalue weighted by molar-refractivity contribution is -0.161. The van der Waals surface area contributed by atoms with Crippen molar-refractivity contribution in [2.45, 2.75) is 90.6 Å². The van der Waals surface area contributed by atoms with Crippen LogP contribution in [-0.2, 0) is 28.2 Å². The van der Waals surface area contributed by atoms with Gasteiger partial charge in [-0.2, -0.15) is 0 Å². The molecule has 0 aromatic heterocycles. The summed E-state index contributed by atoms with van der Waals surface area (Å²) in [7, 11) is -4.71. The van der Waals surface area contributed by atoms with Gasteiger partial charge in [0.15, 0.2) is 6.10 Å². The number of ether oxygens (including phenoxy) is 2. The van der Waals surface area contributed by atoms with Crippen LogP contribution in [0.15, 0.2) is 12.2 Å². The fourth-order valence-electron chi connectivity index (χ4n) is 2.47. The predicted molar refractivity (Wildman–Crippen MR) is 110 cm³/mol. The quantitative estimate of drug-likeness (QED) is 0.140. The Labute approximate surface area is 174 Å². The van der Waals surface area contributed by atoms with Gasteiger partial charge in [0, 0.05) is 12.8 Å². The SMILES string of the molecule is CCC/C=C\CCCCCCCC(=O)OC(COC(=O)CCC)COP(=O)(O)O. The third kappa shape index (κ3) is 19.9. The van der Waals surface area contributed by atoms with Crippen molar-refractivity contribution in [3.63, 3.8) is 0 Å². The zero-order valence-electron chi connectivity index (χ0n) is 17.7. The summed E-state index contributed by atoms with van der Waals surface area (Å²) in [4.78, 5) is 41.0. The minimum absolute atomic E-state index is 0.200. The second kappa shape index (κ2) is 17.6. The zero-order chi connectivity index (χ0) is 22.0. The molecule has 0 rings (SSSR count). The molecule has 0 spiro atoms. The first-order valence-electron chi connectivity index (χ1n) is 10.5. The van der Waals surface area contributed by atoms with Gasteiger partial charge in [0.25, 0.3) is 0 Å². The number of hydrogen-bond acceptors (Lipinski definition) is 6. The average molecular weight is 436 g/mol. The maximum Gasteiger partial charge on any atom is 0.469 e. The minimum Gasteiger partial charge on any atom is -0.462 e. The maximum atomic E-state index is 12.0. The normalized spacial score (nSPS) is 12.8. The highest BCUT2D eigenvalue weighted by molar-refractivity contribution is 7.46. The van der Waals surface area contributed by atoms with E-state index < -0.39 is 32.5 Å². The molecular weight excluding hydrogens is 399 g/mol. The van der Waals surface area contributed by atoms with Crippen LogP contribution in [0.2, 0.25) is 0 Å². The van der Waals surface area contributed by atoms with Crippen molar-refractivity contribution in [2.75, 3.05) is 13.2 Å². The second-order valence-corrected chi connectivity index (χ2v) is 8.14. The molecule has 9 heteroatoms. The molecule has 29 heavy (non-hydrogen) atoms. The van der Waals surface area contributed by atoms with Crippen LogP contribution in [0.25, 0.3) is 0 Å². The molecule has 0 aliphatic heterocycles. The lowest BCUT2D eigenvalue weighted by Crippen LogP contribution is -2.29. The van der Waals surface area contributed by atoms with E-state index in [4.69, 9.17) is 19.3 Å². The van der Waals surface area contributed by atoms with Crippen LogP contribution in [0.4, 0.5) is 0 Å². The summed E-state index contributed by atoms with van der Waals surface area (Å²) >= 11 is 0. The standard InChI is InChI=1S/C20H37O8P/c1-3-5-6-7-8-9-10-11-12-13-15-20(22)28-18(17-27-29(23,24)25)16-26-19(21)14-4-2/h6-7,18H,3-5,8-17H2,1-2H3,(H2,23,24,25)/b7-6-. The van der Waals surface area contributed by atoms with Crippen LogP contribution < -0.4 is 0 Å². The summed E-state index contributed by atoms with van der Waals surface area (Å²) in [5.41, 5.74) is 0. The van der Waals surface area contributed by atoms with Crippen molar-refractivity contribution in [2.24, 2.45) is 0 Å². The molecule has 0 aliphatic rings. The first-order chi connectivity index (χ1) is 13.8. The van der Waals surface area contributed by atoms with Gasteiger partial charge in [0.1, 0.15) is 6.61 Å². The highest BCUT2D eigenvalue weighted by Crippen LogP contribution is 2.35. The van der Waals surface area contributed by atoms with Gasteiger partial charge in [-0.05, 0) is 32.1 Å². The average Bonchev–Trinajstić information content (AvgIpc) is 2.65. The molecule has 0 aromatic rings. The Hall–Kier alpha value is -1.21. The van der Waals surface area contributed by atoms with Crippen molar-refractivity contribution in [1.29, 1.82) is 0 Å². The van der Waals surface area contributed by atoms with E-state index in [0.717, 1.165) is 38.5 Å². The third-order valence-electron chi connectivity index (χ3n) is 3.98. The highest BCUT2D eigenvalue weighted by atomic mass is 31.2. The number of rotatable bonds is 18. The van der Waals surface area contributed by atoms with Crippen LogP contribution in [0.3, 0.4) is 0 Å². The number of phosphoric ester groups is 1. The summed E-state index contributed by atoms with van der Waals surface area (Å²) in [6.45, 7) is 3.14. The van der Waals surface area contributed by atoms with Crippen LogP contribution >= 0.6 is 7.82 Å². The van der Waals surface area contributed by atoms with Gasteiger partial charge in [-0.3, -0.25) is 14.1 Å². The van der Waals surface area contributed by atoms with Crippen molar-refractivity contribution in [3.05, 3.63) is 12.2 Å². The molecule has 2 N–H and O–H groups in total. The number of carbonyl (C=O) groups excluding carboxylic acids is 2. The lowest BCUT2D eigenvalue weighted by atomic mass is 10.1. The van der Waals surface area contributed by atoms with E-state index in [1.165, 1.54) is 6.42 Å². The van der Waals surface area contributed by atoms with Crippen LogP contribution in [0.5, 0.6) is 0 Å². The molecule has 0 saturated carbocycles. The van der Waals surface area contributed by atoms with Crippen molar-refractivity contribution in [3.8, 4) is 0 Å². The van der Waals surface area contributed by atoms with Gasteiger partial charge in [0.2, 0.25) is 0 Å². The molecule has 1 atom stereocenters. The molecule has 0 amide bonds. The van der Waals surface area contributed by atoms with Crippen LogP contribution in [-0.4, -0.2) is 41.0 Å². The second-order valence-electron chi connectivity index (χ2n) is 6.90. The summed E-state index contributed by atoms with van der Waals surface area (Å²) in [5.74, 6) is -0.965. The first-order valence-corrected chi connectivity index (χ1v) is 12.0. The van der Waals surface area contributed by atoms with Crippen molar-refractivity contribution >= 4 is 19.8 Å². The van der Waals surface area contributed by atoms with Crippen LogP contribution in [0.1, 0.15) is 84.5 Å². The van der Waals surface area contributed by atoms with Gasteiger partial charge in [-0.1, -0.05) is 51.7 Å².